The topological polar surface area (TPSA) is 67.6 Å². The second-order valence-electron chi connectivity index (χ2n) is 7.19. The highest BCUT2D eigenvalue weighted by Gasteiger charge is 2.32. The van der Waals surface area contributed by atoms with Crippen molar-refractivity contribution in [3.05, 3.63) is 64.1 Å². The zero-order chi connectivity index (χ0) is 21.5. The Balaban J connectivity index is 2.00. The van der Waals surface area contributed by atoms with E-state index in [1.807, 2.05) is 0 Å². The molecule has 1 N–H and O–H groups in total. The Morgan fingerprint density at radius 2 is 2.00 bits per heavy atom. The molecule has 3 aromatic rings. The Kier molecular flexibility index (Phi) is 5.25. The molecular formula is C21H20F3N3O3. The Morgan fingerprint density at radius 1 is 1.23 bits per heavy atom. The van der Waals surface area contributed by atoms with Crippen LogP contribution in [0.3, 0.4) is 0 Å². The quantitative estimate of drug-likeness (QED) is 0.707. The number of hydrogen-bond acceptors (Lipinski definition) is 5. The summed E-state index contributed by atoms with van der Waals surface area (Å²) in [6.45, 7) is 2.59. The van der Waals surface area contributed by atoms with Crippen molar-refractivity contribution in [3.63, 3.8) is 0 Å². The molecule has 30 heavy (non-hydrogen) atoms. The van der Waals surface area contributed by atoms with E-state index in [9.17, 15) is 23.1 Å². The van der Waals surface area contributed by atoms with E-state index in [0.29, 0.717) is 24.2 Å². The van der Waals surface area contributed by atoms with Crippen molar-refractivity contribution in [2.24, 2.45) is 0 Å². The smallest absolute Gasteiger partial charge is 0.394 e. The number of ether oxygens (including phenoxy) is 1. The van der Waals surface area contributed by atoms with Crippen LogP contribution in [-0.4, -0.2) is 47.1 Å². The van der Waals surface area contributed by atoms with Gasteiger partial charge in [-0.2, -0.15) is 18.2 Å². The van der Waals surface area contributed by atoms with Gasteiger partial charge in [0.15, 0.2) is 0 Å². The summed E-state index contributed by atoms with van der Waals surface area (Å²) in [6.07, 6.45) is -5.01. The van der Waals surface area contributed by atoms with Gasteiger partial charge in [-0.15, -0.1) is 0 Å². The van der Waals surface area contributed by atoms with Crippen molar-refractivity contribution in [3.8, 4) is 5.69 Å². The summed E-state index contributed by atoms with van der Waals surface area (Å²) in [6, 6.07) is 10.3. The summed E-state index contributed by atoms with van der Waals surface area (Å²) >= 11 is 0. The maximum atomic E-state index is 13.4. The van der Waals surface area contributed by atoms with E-state index in [0.717, 1.165) is 17.7 Å². The summed E-state index contributed by atoms with van der Waals surface area (Å²) in [4.78, 5) is 19.0. The summed E-state index contributed by atoms with van der Waals surface area (Å²) in [5.74, 6) is 0.287. The number of benzene rings is 2. The van der Waals surface area contributed by atoms with Crippen molar-refractivity contribution in [1.29, 1.82) is 0 Å². The second-order valence-corrected chi connectivity index (χ2v) is 7.19. The molecule has 1 atom stereocenters. The van der Waals surface area contributed by atoms with E-state index >= 15 is 0 Å². The van der Waals surface area contributed by atoms with Crippen LogP contribution in [0.4, 0.5) is 19.0 Å². The highest BCUT2D eigenvalue weighted by Crippen LogP contribution is 2.34. The number of morpholine rings is 1. The van der Waals surface area contributed by atoms with Crippen molar-refractivity contribution in [2.75, 3.05) is 31.2 Å². The molecule has 0 saturated carbocycles. The van der Waals surface area contributed by atoms with Crippen molar-refractivity contribution >= 4 is 16.7 Å². The molecule has 6 nitrogen and oxygen atoms in total. The summed E-state index contributed by atoms with van der Waals surface area (Å²) in [5, 5.41) is 9.83. The Morgan fingerprint density at radius 3 is 2.70 bits per heavy atom. The van der Waals surface area contributed by atoms with Crippen LogP contribution in [-0.2, 0) is 10.9 Å². The van der Waals surface area contributed by atoms with Gasteiger partial charge in [0.2, 0.25) is 0 Å². The van der Waals surface area contributed by atoms with Crippen molar-refractivity contribution < 1.29 is 23.0 Å². The van der Waals surface area contributed by atoms with Crippen LogP contribution in [0.25, 0.3) is 16.6 Å². The standard InChI is InChI=1S/C21H20F3N3O3/c1-13-4-2-3-5-17(13)27-18-10-14(21(22,23)24)6-7-16(18)19(25-20(27)29)26-8-9-30-15(11-26)12-28/h2-7,10,15,28H,8-9,11-12H2,1H3/t15-/m0/s1. The van der Waals surface area contributed by atoms with Crippen LogP contribution >= 0.6 is 0 Å². The van der Waals surface area contributed by atoms with Gasteiger partial charge < -0.3 is 14.7 Å². The second kappa shape index (κ2) is 7.73. The molecule has 2 heterocycles. The summed E-state index contributed by atoms with van der Waals surface area (Å²) in [7, 11) is 0. The van der Waals surface area contributed by atoms with E-state index < -0.39 is 23.5 Å². The van der Waals surface area contributed by atoms with Crippen LogP contribution in [0.15, 0.2) is 47.3 Å². The number of nitrogens with zero attached hydrogens (tertiary/aromatic N) is 3. The van der Waals surface area contributed by atoms with Crippen LogP contribution in [0.2, 0.25) is 0 Å². The lowest BCUT2D eigenvalue weighted by Gasteiger charge is -2.33. The molecule has 0 spiro atoms. The zero-order valence-electron chi connectivity index (χ0n) is 16.2. The number of rotatable bonds is 3. The molecular weight excluding hydrogens is 399 g/mol. The molecule has 0 amide bonds. The zero-order valence-corrected chi connectivity index (χ0v) is 16.2. The SMILES string of the molecule is Cc1ccccc1-n1c(=O)nc(N2CCO[C@H](CO)C2)c2ccc(C(F)(F)F)cc21. The first kappa shape index (κ1) is 20.4. The minimum absolute atomic E-state index is 0.126. The average molecular weight is 419 g/mol. The van der Waals surface area contributed by atoms with Gasteiger partial charge in [0, 0.05) is 18.5 Å². The largest absolute Gasteiger partial charge is 0.416 e. The van der Waals surface area contributed by atoms with Gasteiger partial charge in [-0.3, -0.25) is 4.57 Å². The van der Waals surface area contributed by atoms with Gasteiger partial charge in [0.05, 0.1) is 36.1 Å². The number of aliphatic hydroxyl groups is 1. The molecule has 1 aliphatic rings. The third kappa shape index (κ3) is 3.66. The monoisotopic (exact) mass is 419 g/mol. The average Bonchev–Trinajstić information content (AvgIpc) is 2.73. The number of hydrogen-bond donors (Lipinski definition) is 1. The molecule has 9 heteroatoms. The first-order valence-electron chi connectivity index (χ1n) is 9.47. The number of aryl methyl sites for hydroxylation is 1. The Labute approximate surface area is 170 Å². The molecule has 0 aliphatic carbocycles. The Hall–Kier alpha value is -2.91. The van der Waals surface area contributed by atoms with Gasteiger partial charge >= 0.3 is 11.9 Å². The third-order valence-electron chi connectivity index (χ3n) is 5.20. The van der Waals surface area contributed by atoms with Crippen molar-refractivity contribution in [1.82, 2.24) is 9.55 Å². The van der Waals surface area contributed by atoms with Gasteiger partial charge in [-0.05, 0) is 36.8 Å². The molecule has 158 valence electrons. The minimum Gasteiger partial charge on any atom is -0.394 e. The van der Waals surface area contributed by atoms with E-state index in [4.69, 9.17) is 4.74 Å². The molecule has 1 aliphatic heterocycles. The minimum atomic E-state index is -4.55. The van der Waals surface area contributed by atoms with Crippen molar-refractivity contribution in [2.45, 2.75) is 19.2 Å². The highest BCUT2D eigenvalue weighted by atomic mass is 19.4. The lowest BCUT2D eigenvalue weighted by molar-refractivity contribution is -0.137. The first-order chi connectivity index (χ1) is 14.3. The van der Waals surface area contributed by atoms with Crippen LogP contribution in [0.5, 0.6) is 0 Å². The predicted octanol–water partition coefficient (Wildman–Crippen LogP) is 2.91. The molecule has 0 bridgehead atoms. The Bertz CT molecular complexity index is 1140. The number of halogens is 3. The number of para-hydroxylation sites is 1. The van der Waals surface area contributed by atoms with Gasteiger partial charge in [-0.25, -0.2) is 4.79 Å². The van der Waals surface area contributed by atoms with Crippen LogP contribution in [0, 0.1) is 6.92 Å². The van der Waals surface area contributed by atoms with E-state index in [1.165, 1.54) is 10.6 Å². The summed E-state index contributed by atoms with van der Waals surface area (Å²) < 4.78 is 46.9. The third-order valence-corrected chi connectivity index (χ3v) is 5.20. The molecule has 0 radical (unpaired) electrons. The normalized spacial score (nSPS) is 17.5. The van der Waals surface area contributed by atoms with Crippen LogP contribution < -0.4 is 10.6 Å². The molecule has 1 saturated heterocycles. The number of anilines is 1. The molecule has 1 aromatic heterocycles. The van der Waals surface area contributed by atoms with Crippen LogP contribution in [0.1, 0.15) is 11.1 Å². The number of alkyl halides is 3. The number of aliphatic hydroxyl groups excluding tert-OH is 1. The van der Waals surface area contributed by atoms with Gasteiger partial charge in [0.1, 0.15) is 5.82 Å². The van der Waals surface area contributed by atoms with Gasteiger partial charge in [0.25, 0.3) is 0 Å². The van der Waals surface area contributed by atoms with E-state index in [2.05, 4.69) is 4.98 Å². The lowest BCUT2D eigenvalue weighted by Crippen LogP contribution is -2.45. The maximum absolute atomic E-state index is 13.4. The van der Waals surface area contributed by atoms with Gasteiger partial charge in [-0.1, -0.05) is 18.2 Å². The maximum Gasteiger partial charge on any atom is 0.416 e. The predicted molar refractivity (Wildman–Crippen MR) is 106 cm³/mol. The molecule has 0 unspecified atom stereocenters. The number of fused-ring (bicyclic) bond motifs is 1. The lowest BCUT2D eigenvalue weighted by atomic mass is 10.1. The first-order valence-corrected chi connectivity index (χ1v) is 9.47. The number of aromatic nitrogens is 2. The fourth-order valence-electron chi connectivity index (χ4n) is 3.70. The molecule has 1 fully saturated rings. The molecule has 2 aromatic carbocycles. The summed E-state index contributed by atoms with van der Waals surface area (Å²) in [5.41, 5.74) is -0.177. The van der Waals surface area contributed by atoms with E-state index in [1.54, 1.807) is 36.1 Å². The fraction of sp³-hybridized carbons (Fsp3) is 0.333. The van der Waals surface area contributed by atoms with E-state index in [-0.39, 0.29) is 24.5 Å². The fourth-order valence-corrected chi connectivity index (χ4v) is 3.70. The highest BCUT2D eigenvalue weighted by molar-refractivity contribution is 5.91. The molecule has 4 rings (SSSR count).